The van der Waals surface area contributed by atoms with Crippen LogP contribution in [0.15, 0.2) is 48.5 Å². The summed E-state index contributed by atoms with van der Waals surface area (Å²) in [5.74, 6) is -0.606. The molecule has 2 aromatic carbocycles. The minimum Gasteiger partial charge on any atom is -0.494 e. The lowest BCUT2D eigenvalue weighted by Crippen LogP contribution is -2.55. The van der Waals surface area contributed by atoms with Gasteiger partial charge in [0.05, 0.1) is 12.2 Å². The number of amides is 1. The van der Waals surface area contributed by atoms with Crippen LogP contribution < -0.4 is 4.74 Å². The number of ether oxygens (including phenoxy) is 2. The molecule has 0 radical (unpaired) electrons. The van der Waals surface area contributed by atoms with Gasteiger partial charge < -0.3 is 14.4 Å². The Hall–Kier alpha value is -2.89. The zero-order chi connectivity index (χ0) is 21.8. The number of fused-ring (bicyclic) bond motifs is 2. The molecule has 2 atom stereocenters. The number of nitrogens with zero attached hydrogens (tertiary/aromatic N) is 1. The van der Waals surface area contributed by atoms with Crippen molar-refractivity contribution in [3.63, 3.8) is 0 Å². The van der Waals surface area contributed by atoms with Gasteiger partial charge in [0.15, 0.2) is 5.78 Å². The summed E-state index contributed by atoms with van der Waals surface area (Å²) in [6.45, 7) is 2.50. The van der Waals surface area contributed by atoms with Gasteiger partial charge in [-0.25, -0.2) is 9.18 Å². The predicted molar refractivity (Wildman–Crippen MR) is 115 cm³/mol. The highest BCUT2D eigenvalue weighted by Gasteiger charge is 2.44. The van der Waals surface area contributed by atoms with Crippen molar-refractivity contribution in [2.24, 2.45) is 5.92 Å². The summed E-state index contributed by atoms with van der Waals surface area (Å²) in [6, 6.07) is 13.9. The predicted octanol–water partition coefficient (Wildman–Crippen LogP) is 5.38. The number of Topliss-reactive ketones (excluding diaryl/α,β-unsaturated/α-hetero) is 1. The molecular formula is C25H28FNO4. The lowest BCUT2D eigenvalue weighted by atomic mass is 9.76. The van der Waals surface area contributed by atoms with Crippen molar-refractivity contribution in [1.82, 2.24) is 4.90 Å². The normalized spacial score (nSPS) is 22.6. The van der Waals surface area contributed by atoms with Crippen LogP contribution in [0, 0.1) is 11.7 Å². The molecule has 1 amide bonds. The molecule has 4 rings (SSSR count). The Balaban J connectivity index is 1.43. The second kappa shape index (κ2) is 9.50. The van der Waals surface area contributed by atoms with Crippen LogP contribution in [0.2, 0.25) is 0 Å². The second-order valence-electron chi connectivity index (χ2n) is 8.29. The molecule has 2 aliphatic rings. The molecule has 2 heterocycles. The van der Waals surface area contributed by atoms with Crippen molar-refractivity contribution in [2.75, 3.05) is 6.61 Å². The van der Waals surface area contributed by atoms with E-state index in [2.05, 4.69) is 0 Å². The summed E-state index contributed by atoms with van der Waals surface area (Å²) < 4.78 is 25.4. The molecule has 2 aliphatic heterocycles. The first-order valence-electron chi connectivity index (χ1n) is 11.0. The third-order valence-electron chi connectivity index (χ3n) is 6.28. The van der Waals surface area contributed by atoms with E-state index in [4.69, 9.17) is 9.47 Å². The van der Waals surface area contributed by atoms with Gasteiger partial charge in [0.1, 0.15) is 18.2 Å². The topological polar surface area (TPSA) is 55.8 Å². The van der Waals surface area contributed by atoms with E-state index in [1.54, 1.807) is 6.07 Å². The molecule has 6 heteroatoms. The maximum atomic E-state index is 14.6. The van der Waals surface area contributed by atoms with Crippen molar-refractivity contribution < 1.29 is 23.5 Å². The molecule has 2 bridgehead atoms. The standard InChI is InChI=1S/C25H28FNO4/c1-2-30-21-11-12-22(23(26)15-21)24(28)18-13-19-9-6-10-20(14-18)27(19)25(29)31-16-17-7-4-3-5-8-17/h3-5,7-8,11-12,15,18-20H,2,6,9-10,13-14,16H2,1H3. The molecule has 2 fully saturated rings. The molecular weight excluding hydrogens is 397 g/mol. The summed E-state index contributed by atoms with van der Waals surface area (Å²) in [5.41, 5.74) is 1.05. The van der Waals surface area contributed by atoms with Gasteiger partial charge in [0.2, 0.25) is 0 Å². The second-order valence-corrected chi connectivity index (χ2v) is 8.29. The monoisotopic (exact) mass is 425 g/mol. The fraction of sp³-hybridized carbons (Fsp3) is 0.440. The molecule has 5 nitrogen and oxygen atoms in total. The average molecular weight is 426 g/mol. The Labute approximate surface area is 182 Å². The highest BCUT2D eigenvalue weighted by molar-refractivity contribution is 5.98. The Kier molecular flexibility index (Phi) is 6.54. The summed E-state index contributed by atoms with van der Waals surface area (Å²) in [5, 5.41) is 0. The molecule has 0 spiro atoms. The minimum atomic E-state index is -0.550. The minimum absolute atomic E-state index is 0.0458. The number of carbonyl (C=O) groups excluding carboxylic acids is 2. The summed E-state index contributed by atoms with van der Waals surface area (Å²) in [6.07, 6.45) is 3.47. The van der Waals surface area contributed by atoms with Gasteiger partial charge in [0.25, 0.3) is 0 Å². The van der Waals surface area contributed by atoms with Crippen LogP contribution in [0.3, 0.4) is 0 Å². The van der Waals surface area contributed by atoms with Gasteiger partial charge in [0, 0.05) is 24.1 Å². The van der Waals surface area contributed by atoms with E-state index in [1.807, 2.05) is 42.2 Å². The van der Waals surface area contributed by atoms with E-state index in [9.17, 15) is 14.0 Å². The van der Waals surface area contributed by atoms with Gasteiger partial charge in [-0.3, -0.25) is 4.79 Å². The molecule has 2 saturated heterocycles. The first-order valence-corrected chi connectivity index (χ1v) is 11.0. The van der Waals surface area contributed by atoms with E-state index in [0.29, 0.717) is 25.2 Å². The van der Waals surface area contributed by atoms with E-state index >= 15 is 0 Å². The number of ketones is 1. The van der Waals surface area contributed by atoms with Crippen molar-refractivity contribution in [1.29, 1.82) is 0 Å². The van der Waals surface area contributed by atoms with Crippen LogP contribution in [0.5, 0.6) is 5.75 Å². The van der Waals surface area contributed by atoms with Gasteiger partial charge in [-0.1, -0.05) is 30.3 Å². The number of rotatable bonds is 6. The maximum Gasteiger partial charge on any atom is 0.410 e. The first-order chi connectivity index (χ1) is 15.1. The lowest BCUT2D eigenvalue weighted by molar-refractivity contribution is 0.00464. The van der Waals surface area contributed by atoms with Gasteiger partial charge in [-0.15, -0.1) is 0 Å². The summed E-state index contributed by atoms with van der Waals surface area (Å²) in [4.78, 5) is 27.7. The molecule has 164 valence electrons. The van der Waals surface area contributed by atoms with Crippen LogP contribution in [-0.2, 0) is 11.3 Å². The number of piperidine rings is 2. The van der Waals surface area contributed by atoms with Crippen LogP contribution in [0.1, 0.15) is 54.9 Å². The Morgan fingerprint density at radius 2 is 1.77 bits per heavy atom. The fourth-order valence-electron chi connectivity index (χ4n) is 4.86. The number of benzene rings is 2. The molecule has 0 N–H and O–H groups in total. The number of carbonyl (C=O) groups is 2. The van der Waals surface area contributed by atoms with Crippen LogP contribution >= 0.6 is 0 Å². The largest absolute Gasteiger partial charge is 0.494 e. The smallest absolute Gasteiger partial charge is 0.410 e. The summed E-state index contributed by atoms with van der Waals surface area (Å²) in [7, 11) is 0. The third-order valence-corrected chi connectivity index (χ3v) is 6.28. The van der Waals surface area contributed by atoms with Crippen LogP contribution in [0.25, 0.3) is 0 Å². The van der Waals surface area contributed by atoms with Gasteiger partial charge >= 0.3 is 6.09 Å². The fourth-order valence-corrected chi connectivity index (χ4v) is 4.86. The zero-order valence-electron chi connectivity index (χ0n) is 17.8. The van der Waals surface area contributed by atoms with Crippen molar-refractivity contribution in [3.05, 3.63) is 65.5 Å². The number of halogens is 1. The number of hydrogen-bond acceptors (Lipinski definition) is 4. The average Bonchev–Trinajstić information content (AvgIpc) is 2.77. The first kappa shape index (κ1) is 21.3. The molecule has 2 unspecified atom stereocenters. The highest BCUT2D eigenvalue weighted by atomic mass is 19.1. The van der Waals surface area contributed by atoms with Crippen LogP contribution in [0.4, 0.5) is 9.18 Å². The molecule has 0 aromatic heterocycles. The third kappa shape index (κ3) is 4.73. The highest BCUT2D eigenvalue weighted by Crippen LogP contribution is 2.39. The Morgan fingerprint density at radius 3 is 2.42 bits per heavy atom. The van der Waals surface area contributed by atoms with E-state index in [1.165, 1.54) is 12.1 Å². The Morgan fingerprint density at radius 1 is 1.06 bits per heavy atom. The molecule has 2 aromatic rings. The van der Waals surface area contributed by atoms with E-state index < -0.39 is 5.82 Å². The SMILES string of the molecule is CCOc1ccc(C(=O)C2CC3CCCC(C2)N3C(=O)OCc2ccccc2)c(F)c1. The summed E-state index contributed by atoms with van der Waals surface area (Å²) >= 11 is 0. The quantitative estimate of drug-likeness (QED) is 0.584. The van der Waals surface area contributed by atoms with E-state index in [-0.39, 0.29) is 42.0 Å². The molecule has 31 heavy (non-hydrogen) atoms. The number of hydrogen-bond donors (Lipinski definition) is 0. The van der Waals surface area contributed by atoms with Crippen molar-refractivity contribution in [2.45, 2.75) is 57.7 Å². The zero-order valence-corrected chi connectivity index (χ0v) is 17.8. The van der Waals surface area contributed by atoms with E-state index in [0.717, 1.165) is 24.8 Å². The Bertz CT molecular complexity index is 918. The molecule has 0 saturated carbocycles. The van der Waals surface area contributed by atoms with Crippen molar-refractivity contribution in [3.8, 4) is 5.75 Å². The van der Waals surface area contributed by atoms with Gasteiger partial charge in [-0.2, -0.15) is 0 Å². The molecule has 0 aliphatic carbocycles. The van der Waals surface area contributed by atoms with Crippen molar-refractivity contribution >= 4 is 11.9 Å². The lowest BCUT2D eigenvalue weighted by Gasteiger charge is -2.47. The van der Waals surface area contributed by atoms with Crippen LogP contribution in [-0.4, -0.2) is 35.5 Å². The maximum absolute atomic E-state index is 14.6. The van der Waals surface area contributed by atoms with Gasteiger partial charge in [-0.05, 0) is 56.7 Å².